The van der Waals surface area contributed by atoms with Gasteiger partial charge in [-0.3, -0.25) is 0 Å². The minimum absolute atomic E-state index is 0.0323. The van der Waals surface area contributed by atoms with Gasteiger partial charge in [0.15, 0.2) is 5.11 Å². The van der Waals surface area contributed by atoms with Gasteiger partial charge >= 0.3 is 12.4 Å². The average molecular weight is 559 g/mol. The highest BCUT2D eigenvalue weighted by molar-refractivity contribution is 7.80. The molecule has 3 N–H and O–H groups in total. The SMILES string of the molecule is CO[C@@H]1[C@@H](OC)[C@@H](NC2CCCCC2)[C@@H](CNC(=S)Nc2cc(C(F)(F)F)cc(C(F)(F)F)c2)O[C@@H]1[O-]. The second kappa shape index (κ2) is 12.4. The molecule has 0 unspecified atom stereocenters. The van der Waals surface area contributed by atoms with Crippen molar-refractivity contribution in [2.45, 2.75) is 81.1 Å². The molecule has 0 amide bonds. The van der Waals surface area contributed by atoms with Crippen LogP contribution in [-0.4, -0.2) is 62.6 Å². The fraction of sp³-hybridized carbons (Fsp3) is 0.696. The lowest BCUT2D eigenvalue weighted by Crippen LogP contribution is -2.69. The Balaban J connectivity index is 1.73. The molecule has 5 atom stereocenters. The van der Waals surface area contributed by atoms with Gasteiger partial charge in [-0.05, 0) is 43.3 Å². The summed E-state index contributed by atoms with van der Waals surface area (Å²) in [5.74, 6) is 0. The van der Waals surface area contributed by atoms with Gasteiger partial charge in [0, 0.05) is 38.8 Å². The topological polar surface area (TPSA) is 86.8 Å². The summed E-state index contributed by atoms with van der Waals surface area (Å²) in [5.41, 5.74) is -3.43. The van der Waals surface area contributed by atoms with Crippen LogP contribution < -0.4 is 21.1 Å². The standard InChI is InChI=1S/C23H30F6N3O4S/c1-34-18-17(31-14-6-4-3-5-7-14)16(36-20(33)19(18)35-2)11-30-21(37)32-15-9-12(22(24,25)26)8-13(10-15)23(27,28)29/h8-10,14,16-20,31H,3-7,11H2,1-2H3,(H2,30,32,37)/q-1/t16-,17+,18+,19-,20+/m1/s1. The molecule has 1 aromatic carbocycles. The number of ether oxygens (including phenoxy) is 3. The van der Waals surface area contributed by atoms with E-state index in [4.69, 9.17) is 26.4 Å². The van der Waals surface area contributed by atoms with Crippen LogP contribution in [0.15, 0.2) is 18.2 Å². The summed E-state index contributed by atoms with van der Waals surface area (Å²) in [7, 11) is 2.83. The van der Waals surface area contributed by atoms with E-state index in [0.29, 0.717) is 12.1 Å². The Morgan fingerprint density at radius 1 is 0.973 bits per heavy atom. The van der Waals surface area contributed by atoms with Crippen LogP contribution in [0.25, 0.3) is 0 Å². The molecule has 14 heteroatoms. The van der Waals surface area contributed by atoms with Crippen molar-refractivity contribution in [1.82, 2.24) is 10.6 Å². The van der Waals surface area contributed by atoms with E-state index in [9.17, 15) is 31.4 Å². The first-order valence-corrected chi connectivity index (χ1v) is 12.2. The number of methoxy groups -OCH3 is 2. The van der Waals surface area contributed by atoms with E-state index in [0.717, 1.165) is 32.1 Å². The molecule has 2 fully saturated rings. The van der Waals surface area contributed by atoms with E-state index in [1.54, 1.807) is 0 Å². The third-order valence-electron chi connectivity index (χ3n) is 6.54. The molecule has 7 nitrogen and oxygen atoms in total. The molecule has 210 valence electrons. The highest BCUT2D eigenvalue weighted by atomic mass is 32.1. The Bertz CT molecular complexity index is 881. The van der Waals surface area contributed by atoms with Crippen molar-refractivity contribution in [3.05, 3.63) is 29.3 Å². The van der Waals surface area contributed by atoms with Gasteiger partial charge in [0.2, 0.25) is 0 Å². The molecule has 0 aromatic heterocycles. The molecule has 2 aliphatic rings. The molecule has 1 saturated carbocycles. The van der Waals surface area contributed by atoms with Crippen LogP contribution in [0.1, 0.15) is 43.2 Å². The molecule has 1 saturated heterocycles. The number of alkyl halides is 6. The summed E-state index contributed by atoms with van der Waals surface area (Å²) in [6.07, 6.45) is -8.78. The number of rotatable bonds is 7. The third kappa shape index (κ3) is 7.90. The molecule has 1 aromatic rings. The molecule has 0 bridgehead atoms. The van der Waals surface area contributed by atoms with Gasteiger partial charge in [-0.25, -0.2) is 0 Å². The Morgan fingerprint density at radius 3 is 2.05 bits per heavy atom. The van der Waals surface area contributed by atoms with E-state index in [1.165, 1.54) is 14.2 Å². The van der Waals surface area contributed by atoms with Crippen molar-refractivity contribution < 1.29 is 45.7 Å². The summed E-state index contributed by atoms with van der Waals surface area (Å²) < 4.78 is 95.4. The zero-order chi connectivity index (χ0) is 27.4. The second-order valence-electron chi connectivity index (χ2n) is 9.10. The van der Waals surface area contributed by atoms with Crippen molar-refractivity contribution >= 4 is 23.0 Å². The van der Waals surface area contributed by atoms with Crippen LogP contribution in [0.5, 0.6) is 0 Å². The Labute approximate surface area is 216 Å². The van der Waals surface area contributed by atoms with Crippen molar-refractivity contribution in [2.75, 3.05) is 26.1 Å². The van der Waals surface area contributed by atoms with Gasteiger partial charge in [-0.2, -0.15) is 26.3 Å². The molecular weight excluding hydrogens is 528 g/mol. The van der Waals surface area contributed by atoms with Crippen LogP contribution in [0.4, 0.5) is 32.0 Å². The maximum absolute atomic E-state index is 13.1. The lowest BCUT2D eigenvalue weighted by molar-refractivity contribution is -0.529. The van der Waals surface area contributed by atoms with Crippen molar-refractivity contribution in [3.63, 3.8) is 0 Å². The van der Waals surface area contributed by atoms with E-state index in [-0.39, 0.29) is 23.8 Å². The maximum atomic E-state index is 13.1. The third-order valence-corrected chi connectivity index (χ3v) is 6.79. The van der Waals surface area contributed by atoms with Gasteiger partial charge in [0.25, 0.3) is 0 Å². The van der Waals surface area contributed by atoms with E-state index < -0.39 is 59.8 Å². The molecule has 1 aliphatic heterocycles. The molecule has 37 heavy (non-hydrogen) atoms. The van der Waals surface area contributed by atoms with Crippen LogP contribution in [-0.2, 0) is 26.6 Å². The molecular formula is C23H30F6N3O4S-. The summed E-state index contributed by atoms with van der Waals surface area (Å²) in [4.78, 5) is 0. The number of hydrogen-bond acceptors (Lipinski definition) is 6. The summed E-state index contributed by atoms with van der Waals surface area (Å²) in [5, 5.41) is 20.9. The highest BCUT2D eigenvalue weighted by Gasteiger charge is 2.43. The molecule has 0 spiro atoms. The fourth-order valence-electron chi connectivity index (χ4n) is 4.75. The summed E-state index contributed by atoms with van der Waals surface area (Å²) >= 11 is 5.12. The highest BCUT2D eigenvalue weighted by Crippen LogP contribution is 2.37. The lowest BCUT2D eigenvalue weighted by atomic mass is 9.90. The van der Waals surface area contributed by atoms with Crippen molar-refractivity contribution in [1.29, 1.82) is 0 Å². The fourth-order valence-corrected chi connectivity index (χ4v) is 4.95. The first kappa shape index (κ1) is 29.8. The molecule has 0 radical (unpaired) electrons. The maximum Gasteiger partial charge on any atom is 0.416 e. The van der Waals surface area contributed by atoms with E-state index in [2.05, 4.69) is 16.0 Å². The van der Waals surface area contributed by atoms with Crippen LogP contribution in [0, 0.1) is 0 Å². The molecule has 1 heterocycles. The zero-order valence-corrected chi connectivity index (χ0v) is 21.1. The zero-order valence-electron chi connectivity index (χ0n) is 20.2. The number of benzene rings is 1. The van der Waals surface area contributed by atoms with Gasteiger partial charge in [-0.1, -0.05) is 19.3 Å². The largest absolute Gasteiger partial charge is 0.829 e. The predicted molar refractivity (Wildman–Crippen MR) is 125 cm³/mol. The quantitative estimate of drug-likeness (QED) is 0.347. The monoisotopic (exact) mass is 558 g/mol. The van der Waals surface area contributed by atoms with Crippen molar-refractivity contribution in [3.8, 4) is 0 Å². The Morgan fingerprint density at radius 2 is 1.54 bits per heavy atom. The van der Waals surface area contributed by atoms with Crippen LogP contribution in [0.3, 0.4) is 0 Å². The van der Waals surface area contributed by atoms with Gasteiger partial charge in [0.1, 0.15) is 6.10 Å². The van der Waals surface area contributed by atoms with E-state index >= 15 is 0 Å². The first-order chi connectivity index (χ1) is 17.3. The summed E-state index contributed by atoms with van der Waals surface area (Å²) in [6.45, 7) is -0.0592. The Kier molecular flexibility index (Phi) is 10.0. The van der Waals surface area contributed by atoms with Crippen molar-refractivity contribution in [2.24, 2.45) is 0 Å². The minimum atomic E-state index is -4.99. The molecule has 3 rings (SSSR count). The van der Waals surface area contributed by atoms with Crippen LogP contribution in [0.2, 0.25) is 0 Å². The first-order valence-electron chi connectivity index (χ1n) is 11.8. The summed E-state index contributed by atoms with van der Waals surface area (Å²) in [6, 6.07) is 0.782. The number of halogens is 6. The molecule has 1 aliphatic carbocycles. The van der Waals surface area contributed by atoms with Gasteiger partial charge in [0.05, 0.1) is 29.4 Å². The number of anilines is 1. The lowest BCUT2D eigenvalue weighted by Gasteiger charge is -2.50. The normalized spacial score (nSPS) is 27.6. The predicted octanol–water partition coefficient (Wildman–Crippen LogP) is 3.42. The minimum Gasteiger partial charge on any atom is -0.829 e. The smallest absolute Gasteiger partial charge is 0.416 e. The van der Waals surface area contributed by atoms with Gasteiger partial charge < -0.3 is 35.3 Å². The van der Waals surface area contributed by atoms with Gasteiger partial charge in [-0.15, -0.1) is 0 Å². The average Bonchev–Trinajstić information content (AvgIpc) is 2.83. The second-order valence-corrected chi connectivity index (χ2v) is 9.51. The van der Waals surface area contributed by atoms with Crippen LogP contribution >= 0.6 is 12.2 Å². The number of nitrogens with one attached hydrogen (secondary N) is 3. The Hall–Kier alpha value is -1.71. The van der Waals surface area contributed by atoms with E-state index in [1.807, 2.05) is 0 Å². The number of hydrogen-bond donors (Lipinski definition) is 3. The number of thiocarbonyl (C=S) groups is 1.